The van der Waals surface area contributed by atoms with Crippen molar-refractivity contribution in [3.05, 3.63) is 73.1 Å². The van der Waals surface area contributed by atoms with Crippen LogP contribution in [-0.2, 0) is 17.8 Å². The smallest absolute Gasteiger partial charge is 0.339 e. The predicted molar refractivity (Wildman–Crippen MR) is 149 cm³/mol. The van der Waals surface area contributed by atoms with Gasteiger partial charge in [-0.05, 0) is 69.4 Å². The Labute approximate surface area is 232 Å². The zero-order valence-corrected chi connectivity index (χ0v) is 23.3. The maximum atomic E-state index is 13.0. The summed E-state index contributed by atoms with van der Waals surface area (Å²) >= 11 is 12.5. The second-order valence-electron chi connectivity index (χ2n) is 10.7. The number of benzene rings is 2. The Morgan fingerprint density at radius 2 is 1.87 bits per heavy atom. The van der Waals surface area contributed by atoms with Crippen LogP contribution >= 0.6 is 23.2 Å². The molecular weight excluding hydrogens is 525 g/mol. The molecule has 202 valence electrons. The molecule has 5 rings (SSSR count). The van der Waals surface area contributed by atoms with E-state index in [-0.39, 0.29) is 24.9 Å². The third-order valence-corrected chi connectivity index (χ3v) is 9.17. The van der Waals surface area contributed by atoms with E-state index in [2.05, 4.69) is 0 Å². The summed E-state index contributed by atoms with van der Waals surface area (Å²) in [6.45, 7) is 5.09. The lowest BCUT2D eigenvalue weighted by Crippen LogP contribution is -2.54. The zero-order valence-electron chi connectivity index (χ0n) is 21.8. The van der Waals surface area contributed by atoms with Gasteiger partial charge in [0.15, 0.2) is 0 Å². The number of carbonyl (C=O) groups is 1. The van der Waals surface area contributed by atoms with Gasteiger partial charge in [0.25, 0.3) is 0 Å². The van der Waals surface area contributed by atoms with Crippen molar-refractivity contribution < 1.29 is 19.1 Å². The molecule has 0 unspecified atom stereocenters. The molecular formula is C30H33Cl2NO5. The van der Waals surface area contributed by atoms with E-state index in [1.807, 2.05) is 30.9 Å². The highest BCUT2D eigenvalue weighted by Gasteiger charge is 2.43. The van der Waals surface area contributed by atoms with Crippen molar-refractivity contribution in [2.24, 2.45) is 5.92 Å². The fraction of sp³-hybridized carbons (Fsp3) is 0.467. The highest BCUT2D eigenvalue weighted by molar-refractivity contribution is 6.35. The number of piperidine rings is 1. The molecule has 1 saturated carbocycles. The number of amides is 1. The number of aliphatic hydroxyl groups is 1. The van der Waals surface area contributed by atoms with Crippen LogP contribution in [0.2, 0.25) is 10.0 Å². The summed E-state index contributed by atoms with van der Waals surface area (Å²) in [5, 5.41) is 12.8. The Morgan fingerprint density at radius 3 is 2.63 bits per heavy atom. The minimum absolute atomic E-state index is 0.0229. The van der Waals surface area contributed by atoms with Crippen molar-refractivity contribution in [3.8, 4) is 5.75 Å². The van der Waals surface area contributed by atoms with E-state index in [1.54, 1.807) is 18.2 Å². The quantitative estimate of drug-likeness (QED) is 0.355. The number of halogens is 2. The summed E-state index contributed by atoms with van der Waals surface area (Å²) in [6, 6.07) is 9.03. The lowest BCUT2D eigenvalue weighted by Gasteiger charge is -2.47. The standard InChI is InChI=1S/C30H33Cl2NO5/c1-18-21-9-11-26(37-17-23-24(31)7-5-8-25(23)32)19(2)28(21)38-29(35)22(18)10-12-27(34)33-15-14-30(36)13-4-3-6-20(30)16-33/h5,7-9,11,20,36H,3-4,6,10,12-17H2,1-2H3/t20-,30-/m0/s1. The number of nitrogens with zero attached hydrogens (tertiary/aromatic N) is 1. The molecule has 2 aliphatic rings. The van der Waals surface area contributed by atoms with Gasteiger partial charge in [0.2, 0.25) is 5.91 Å². The molecule has 2 aromatic carbocycles. The first-order valence-corrected chi connectivity index (χ1v) is 14.1. The molecule has 2 fully saturated rings. The van der Waals surface area contributed by atoms with E-state index in [0.29, 0.717) is 64.0 Å². The molecule has 0 bridgehead atoms. The molecule has 1 aliphatic carbocycles. The number of fused-ring (bicyclic) bond motifs is 2. The number of hydrogen-bond donors (Lipinski definition) is 1. The van der Waals surface area contributed by atoms with E-state index in [4.69, 9.17) is 32.4 Å². The lowest BCUT2D eigenvalue weighted by molar-refractivity contribution is -0.143. The van der Waals surface area contributed by atoms with Gasteiger partial charge in [-0.2, -0.15) is 0 Å². The number of rotatable bonds is 6. The van der Waals surface area contributed by atoms with E-state index in [1.165, 1.54) is 0 Å². The maximum absolute atomic E-state index is 13.0. The Kier molecular flexibility index (Phi) is 7.77. The Morgan fingerprint density at radius 1 is 1.11 bits per heavy atom. The van der Waals surface area contributed by atoms with Crippen LogP contribution in [0.5, 0.6) is 5.75 Å². The largest absolute Gasteiger partial charge is 0.488 e. The molecule has 1 amide bonds. The van der Waals surface area contributed by atoms with Crippen LogP contribution in [0.25, 0.3) is 11.0 Å². The SMILES string of the molecule is Cc1c(CCC(=O)N2CC[C@@]3(O)CCCC[C@H]3C2)c(=O)oc2c(C)c(OCc3c(Cl)cccc3Cl)ccc12. The molecule has 2 atom stereocenters. The van der Waals surface area contributed by atoms with Gasteiger partial charge in [-0.3, -0.25) is 4.79 Å². The number of likely N-dealkylation sites (tertiary alicyclic amines) is 1. The fourth-order valence-electron chi connectivity index (χ4n) is 6.02. The summed E-state index contributed by atoms with van der Waals surface area (Å²) < 4.78 is 11.8. The molecule has 0 spiro atoms. The van der Waals surface area contributed by atoms with Gasteiger partial charge in [-0.15, -0.1) is 0 Å². The molecule has 1 aromatic heterocycles. The van der Waals surface area contributed by atoms with Crippen molar-refractivity contribution in [3.63, 3.8) is 0 Å². The summed E-state index contributed by atoms with van der Waals surface area (Å²) in [5.41, 5.74) is 2.15. The molecule has 6 nitrogen and oxygen atoms in total. The van der Waals surface area contributed by atoms with Gasteiger partial charge < -0.3 is 19.2 Å². The van der Waals surface area contributed by atoms with Gasteiger partial charge in [0.1, 0.15) is 17.9 Å². The maximum Gasteiger partial charge on any atom is 0.339 e. The molecule has 1 saturated heterocycles. The van der Waals surface area contributed by atoms with Crippen LogP contribution in [-0.4, -0.2) is 34.6 Å². The number of carbonyl (C=O) groups excluding carboxylic acids is 1. The average molecular weight is 559 g/mol. The monoisotopic (exact) mass is 557 g/mol. The molecule has 1 aliphatic heterocycles. The fourth-order valence-corrected chi connectivity index (χ4v) is 6.53. The van der Waals surface area contributed by atoms with Gasteiger partial charge in [-0.25, -0.2) is 4.79 Å². The Bertz CT molecular complexity index is 1410. The van der Waals surface area contributed by atoms with Crippen LogP contribution in [0.1, 0.15) is 60.8 Å². The van der Waals surface area contributed by atoms with Crippen molar-refractivity contribution in [2.45, 2.75) is 71.0 Å². The number of hydrogen-bond acceptors (Lipinski definition) is 5. The first-order valence-electron chi connectivity index (χ1n) is 13.3. The van der Waals surface area contributed by atoms with Crippen LogP contribution in [0.3, 0.4) is 0 Å². The third kappa shape index (κ3) is 5.18. The number of aryl methyl sites for hydroxylation is 2. The second kappa shape index (κ2) is 10.9. The minimum Gasteiger partial charge on any atom is -0.488 e. The molecule has 0 radical (unpaired) electrons. The van der Waals surface area contributed by atoms with Crippen LogP contribution in [0.15, 0.2) is 39.5 Å². The highest BCUT2D eigenvalue weighted by atomic mass is 35.5. The molecule has 38 heavy (non-hydrogen) atoms. The van der Waals surface area contributed by atoms with Gasteiger partial charge in [0, 0.05) is 57.6 Å². The first kappa shape index (κ1) is 27.0. The van der Waals surface area contributed by atoms with E-state index in [9.17, 15) is 14.7 Å². The van der Waals surface area contributed by atoms with Crippen LogP contribution < -0.4 is 10.4 Å². The van der Waals surface area contributed by atoms with Crippen molar-refractivity contribution in [1.82, 2.24) is 4.90 Å². The summed E-state index contributed by atoms with van der Waals surface area (Å²) in [4.78, 5) is 27.9. The van der Waals surface area contributed by atoms with Gasteiger partial charge in [0.05, 0.1) is 5.60 Å². The molecule has 3 aromatic rings. The van der Waals surface area contributed by atoms with Gasteiger partial charge >= 0.3 is 5.63 Å². The Balaban J connectivity index is 1.30. The topological polar surface area (TPSA) is 80.0 Å². The molecule has 1 N–H and O–H groups in total. The lowest BCUT2D eigenvalue weighted by atomic mass is 9.71. The summed E-state index contributed by atoms with van der Waals surface area (Å²) in [6.07, 6.45) is 5.14. The normalized spacial score (nSPS) is 21.4. The minimum atomic E-state index is -0.620. The second-order valence-corrected chi connectivity index (χ2v) is 11.5. The number of ether oxygens (including phenoxy) is 1. The molecule has 2 heterocycles. The van der Waals surface area contributed by atoms with Crippen molar-refractivity contribution in [1.29, 1.82) is 0 Å². The van der Waals surface area contributed by atoms with Crippen molar-refractivity contribution in [2.75, 3.05) is 13.1 Å². The summed E-state index contributed by atoms with van der Waals surface area (Å²) in [7, 11) is 0. The Hall–Kier alpha value is -2.54. The third-order valence-electron chi connectivity index (χ3n) is 8.46. The van der Waals surface area contributed by atoms with Crippen LogP contribution in [0.4, 0.5) is 0 Å². The van der Waals surface area contributed by atoms with Gasteiger partial charge in [-0.1, -0.05) is 42.1 Å². The van der Waals surface area contributed by atoms with Crippen LogP contribution in [0, 0.1) is 19.8 Å². The highest BCUT2D eigenvalue weighted by Crippen LogP contribution is 2.40. The molecule has 8 heteroatoms. The van der Waals surface area contributed by atoms with E-state index >= 15 is 0 Å². The average Bonchev–Trinajstić information content (AvgIpc) is 2.89. The summed E-state index contributed by atoms with van der Waals surface area (Å²) in [5.74, 6) is 0.746. The van der Waals surface area contributed by atoms with E-state index in [0.717, 1.165) is 36.6 Å². The first-order chi connectivity index (χ1) is 18.2. The predicted octanol–water partition coefficient (Wildman–Crippen LogP) is 6.38. The zero-order chi connectivity index (χ0) is 27.0. The van der Waals surface area contributed by atoms with E-state index < -0.39 is 11.2 Å². The van der Waals surface area contributed by atoms with Crippen molar-refractivity contribution >= 4 is 40.1 Å².